The summed E-state index contributed by atoms with van der Waals surface area (Å²) in [5, 5.41) is 16.7. The van der Waals surface area contributed by atoms with E-state index in [1.54, 1.807) is 18.5 Å². The monoisotopic (exact) mass is 427 g/mol. The summed E-state index contributed by atoms with van der Waals surface area (Å²) >= 11 is 0. The van der Waals surface area contributed by atoms with Crippen molar-refractivity contribution in [2.24, 2.45) is 0 Å². The molecule has 9 heteroatoms. The lowest BCUT2D eigenvalue weighted by Gasteiger charge is -2.09. The van der Waals surface area contributed by atoms with Gasteiger partial charge in [-0.3, -0.25) is 9.59 Å². The second-order valence-electron chi connectivity index (χ2n) is 6.66. The number of aromatic hydroxyl groups is 1. The van der Waals surface area contributed by atoms with E-state index in [1.807, 2.05) is 30.3 Å². The first-order valence-corrected chi connectivity index (χ1v) is 10.8. The van der Waals surface area contributed by atoms with Crippen molar-refractivity contribution in [3.63, 3.8) is 0 Å². The number of sulfone groups is 1. The number of aromatic nitrogens is 2. The zero-order valence-corrected chi connectivity index (χ0v) is 17.5. The van der Waals surface area contributed by atoms with Crippen molar-refractivity contribution in [3.8, 4) is 11.4 Å². The summed E-state index contributed by atoms with van der Waals surface area (Å²) in [6.45, 7) is 4.79. The maximum Gasteiger partial charge on any atom is 0.297 e. The fraction of sp³-hybridized carbons (Fsp3) is 0.190. The number of carbonyl (C=O) groups excluding carboxylic acids is 2. The van der Waals surface area contributed by atoms with E-state index in [4.69, 9.17) is 0 Å². The van der Waals surface area contributed by atoms with Crippen molar-refractivity contribution in [1.29, 1.82) is 0 Å². The molecule has 0 saturated heterocycles. The zero-order chi connectivity index (χ0) is 22.1. The summed E-state index contributed by atoms with van der Waals surface area (Å²) in [6.07, 6.45) is 0. The van der Waals surface area contributed by atoms with Gasteiger partial charge in [0.25, 0.3) is 11.7 Å². The Balaban J connectivity index is 1.92. The molecular formula is C21H21N3O5S. The van der Waals surface area contributed by atoms with Crippen LogP contribution in [0, 0.1) is 13.8 Å². The number of Topliss-reactive ketones (excluding diaryl/α,β-unsaturated/α-hetero) is 1. The maximum atomic E-state index is 12.8. The second kappa shape index (κ2) is 8.11. The number of para-hydroxylation sites is 1. The minimum absolute atomic E-state index is 0.0604. The number of benzene rings is 2. The molecule has 0 aliphatic rings. The molecule has 30 heavy (non-hydrogen) atoms. The Morgan fingerprint density at radius 2 is 1.77 bits per heavy atom. The molecule has 1 aromatic heterocycles. The smallest absolute Gasteiger partial charge is 0.297 e. The van der Waals surface area contributed by atoms with Gasteiger partial charge in [-0.25, -0.2) is 13.1 Å². The molecule has 1 amide bonds. The van der Waals surface area contributed by atoms with E-state index >= 15 is 0 Å². The van der Waals surface area contributed by atoms with Crippen molar-refractivity contribution in [1.82, 2.24) is 9.78 Å². The Kier molecular flexibility index (Phi) is 5.75. The first-order chi connectivity index (χ1) is 14.2. The number of phenols is 1. The van der Waals surface area contributed by atoms with Gasteiger partial charge in [0.2, 0.25) is 0 Å². The van der Waals surface area contributed by atoms with E-state index in [0.717, 1.165) is 17.8 Å². The normalized spacial score (nSPS) is 11.3. The first-order valence-electron chi connectivity index (χ1n) is 9.18. The largest absolute Gasteiger partial charge is 0.506 e. The van der Waals surface area contributed by atoms with Gasteiger partial charge in [-0.05, 0) is 44.2 Å². The summed E-state index contributed by atoms with van der Waals surface area (Å²) in [4.78, 5) is 25.3. The van der Waals surface area contributed by atoms with Gasteiger partial charge in [-0.2, -0.15) is 5.10 Å². The summed E-state index contributed by atoms with van der Waals surface area (Å²) in [5.41, 5.74) is 1.60. The standard InChI is InChI=1S/C21H21N3O5S/c1-4-30(28,29)16-10-11-18(25)17(12-16)22-21(27)20(26)19-13(2)23-24(14(19)3)15-8-6-5-7-9-15/h5-12,25H,4H2,1-3H3,(H,22,27). The molecule has 0 fully saturated rings. The molecule has 0 saturated carbocycles. The lowest BCUT2D eigenvalue weighted by atomic mass is 10.1. The number of phenolic OH excluding ortho intramolecular Hbond substituents is 1. The van der Waals surface area contributed by atoms with Crippen LogP contribution in [0.25, 0.3) is 5.69 Å². The van der Waals surface area contributed by atoms with Gasteiger partial charge in [0.05, 0.1) is 39.0 Å². The van der Waals surface area contributed by atoms with E-state index in [1.165, 1.54) is 13.0 Å². The van der Waals surface area contributed by atoms with Crippen molar-refractivity contribution >= 4 is 27.2 Å². The number of aryl methyl sites for hydroxylation is 1. The molecule has 8 nitrogen and oxygen atoms in total. The molecule has 0 bridgehead atoms. The number of nitrogens with one attached hydrogen (secondary N) is 1. The first kappa shape index (κ1) is 21.3. The number of rotatable bonds is 6. The minimum Gasteiger partial charge on any atom is -0.506 e. The molecule has 0 aliphatic carbocycles. The van der Waals surface area contributed by atoms with Crippen LogP contribution in [0.3, 0.4) is 0 Å². The van der Waals surface area contributed by atoms with E-state index in [2.05, 4.69) is 10.4 Å². The molecule has 3 aromatic rings. The zero-order valence-electron chi connectivity index (χ0n) is 16.7. The van der Waals surface area contributed by atoms with Gasteiger partial charge in [0.15, 0.2) is 9.84 Å². The topological polar surface area (TPSA) is 118 Å². The summed E-state index contributed by atoms with van der Waals surface area (Å²) in [5.74, 6) is -2.33. The summed E-state index contributed by atoms with van der Waals surface area (Å²) in [6, 6.07) is 12.7. The molecule has 2 aromatic carbocycles. The van der Waals surface area contributed by atoms with E-state index in [9.17, 15) is 23.1 Å². The fourth-order valence-corrected chi connectivity index (χ4v) is 3.97. The van der Waals surface area contributed by atoms with Crippen LogP contribution in [0.1, 0.15) is 28.7 Å². The fourth-order valence-electron chi connectivity index (χ4n) is 3.06. The number of hydrogen-bond acceptors (Lipinski definition) is 6. The molecule has 0 unspecified atom stereocenters. The van der Waals surface area contributed by atoms with Crippen LogP contribution < -0.4 is 5.32 Å². The van der Waals surface area contributed by atoms with Crippen LogP contribution in [-0.2, 0) is 14.6 Å². The van der Waals surface area contributed by atoms with Crippen molar-refractivity contribution in [2.75, 3.05) is 11.1 Å². The number of carbonyl (C=O) groups is 2. The summed E-state index contributed by atoms with van der Waals surface area (Å²) < 4.78 is 25.7. The molecule has 0 atom stereocenters. The van der Waals surface area contributed by atoms with Crippen LogP contribution in [-0.4, -0.2) is 40.7 Å². The minimum atomic E-state index is -3.55. The van der Waals surface area contributed by atoms with Gasteiger partial charge in [-0.15, -0.1) is 0 Å². The highest BCUT2D eigenvalue weighted by Gasteiger charge is 2.26. The van der Waals surface area contributed by atoms with Gasteiger partial charge in [0.1, 0.15) is 5.75 Å². The van der Waals surface area contributed by atoms with Gasteiger partial charge in [0, 0.05) is 0 Å². The third kappa shape index (κ3) is 3.97. The molecular weight excluding hydrogens is 406 g/mol. The molecule has 0 spiro atoms. The van der Waals surface area contributed by atoms with Crippen LogP contribution in [0.4, 0.5) is 5.69 Å². The average molecular weight is 427 g/mol. The highest BCUT2D eigenvalue weighted by molar-refractivity contribution is 7.91. The SMILES string of the molecule is CCS(=O)(=O)c1ccc(O)c(NC(=O)C(=O)c2c(C)nn(-c3ccccc3)c2C)c1. The average Bonchev–Trinajstić information content (AvgIpc) is 3.03. The Bertz CT molecular complexity index is 1230. The number of hydrogen-bond donors (Lipinski definition) is 2. The van der Waals surface area contributed by atoms with E-state index in [-0.39, 0.29) is 27.6 Å². The number of amides is 1. The predicted molar refractivity (Wildman–Crippen MR) is 112 cm³/mol. The Morgan fingerprint density at radius 3 is 2.40 bits per heavy atom. The Labute approximate surface area is 174 Å². The third-order valence-electron chi connectivity index (χ3n) is 4.68. The molecule has 0 radical (unpaired) electrons. The number of ketones is 1. The maximum absolute atomic E-state index is 12.8. The lowest BCUT2D eigenvalue weighted by molar-refractivity contribution is -0.112. The van der Waals surface area contributed by atoms with Crippen LogP contribution in [0.15, 0.2) is 53.4 Å². The van der Waals surface area contributed by atoms with Crippen LogP contribution >= 0.6 is 0 Å². The number of nitrogens with zero attached hydrogens (tertiary/aromatic N) is 2. The van der Waals surface area contributed by atoms with Crippen molar-refractivity contribution in [3.05, 3.63) is 65.5 Å². The lowest BCUT2D eigenvalue weighted by Crippen LogP contribution is -2.24. The quantitative estimate of drug-likeness (QED) is 0.355. The van der Waals surface area contributed by atoms with Gasteiger partial charge >= 0.3 is 0 Å². The molecule has 2 N–H and O–H groups in total. The highest BCUT2D eigenvalue weighted by Crippen LogP contribution is 2.27. The Hall–Kier alpha value is -3.46. The van der Waals surface area contributed by atoms with E-state index < -0.39 is 21.5 Å². The predicted octanol–water partition coefficient (Wildman–Crippen LogP) is 2.81. The second-order valence-corrected chi connectivity index (χ2v) is 8.94. The molecule has 156 valence electrons. The van der Waals surface area contributed by atoms with Crippen LogP contribution in [0.5, 0.6) is 5.75 Å². The van der Waals surface area contributed by atoms with Gasteiger partial charge < -0.3 is 10.4 Å². The number of anilines is 1. The highest BCUT2D eigenvalue weighted by atomic mass is 32.2. The molecule has 0 aliphatic heterocycles. The third-order valence-corrected chi connectivity index (χ3v) is 6.41. The van der Waals surface area contributed by atoms with Crippen molar-refractivity contribution in [2.45, 2.75) is 25.7 Å². The molecule has 3 rings (SSSR count). The van der Waals surface area contributed by atoms with Gasteiger partial charge in [-0.1, -0.05) is 25.1 Å². The molecule has 1 heterocycles. The van der Waals surface area contributed by atoms with E-state index in [0.29, 0.717) is 11.4 Å². The van der Waals surface area contributed by atoms with Crippen LogP contribution in [0.2, 0.25) is 0 Å². The Morgan fingerprint density at radius 1 is 1.10 bits per heavy atom. The van der Waals surface area contributed by atoms with Crippen molar-refractivity contribution < 1.29 is 23.1 Å². The summed E-state index contributed by atoms with van der Waals surface area (Å²) in [7, 11) is -3.55.